The number of carbonyl (C=O) groups excluding carboxylic acids is 1. The van der Waals surface area contributed by atoms with Gasteiger partial charge in [0.1, 0.15) is 5.82 Å². The summed E-state index contributed by atoms with van der Waals surface area (Å²) in [6.45, 7) is 2.46. The number of hydrogen-bond acceptors (Lipinski definition) is 4. The van der Waals surface area contributed by atoms with Crippen molar-refractivity contribution in [2.45, 2.75) is 0 Å². The number of nitrogens with two attached hydrogens (primary N) is 1. The summed E-state index contributed by atoms with van der Waals surface area (Å²) >= 11 is 0. The van der Waals surface area contributed by atoms with E-state index in [1.54, 1.807) is 29.0 Å². The molecule has 0 unspecified atom stereocenters. The summed E-state index contributed by atoms with van der Waals surface area (Å²) in [5, 5.41) is 0. The lowest BCUT2D eigenvalue weighted by Gasteiger charge is -2.35. The molecule has 1 aliphatic heterocycles. The van der Waals surface area contributed by atoms with Crippen LogP contribution in [0.3, 0.4) is 0 Å². The van der Waals surface area contributed by atoms with Gasteiger partial charge in [0.05, 0.1) is 18.8 Å². The maximum Gasteiger partial charge on any atom is 0.242 e. The number of nitrogen functional groups attached to an aromatic ring is 1. The number of anilines is 2. The first-order chi connectivity index (χ1) is 9.11. The Balaban J connectivity index is 2.03. The lowest BCUT2D eigenvalue weighted by Crippen LogP contribution is -2.51. The first-order valence-corrected chi connectivity index (χ1v) is 6.18. The lowest BCUT2D eigenvalue weighted by molar-refractivity contribution is -0.131. The molecule has 6 heteroatoms. The van der Waals surface area contributed by atoms with Crippen molar-refractivity contribution in [3.8, 4) is 0 Å². The SMILES string of the molecule is COCCN1CCN(c2ccc(N)cc2F)CC1=O. The van der Waals surface area contributed by atoms with Crippen molar-refractivity contribution in [2.24, 2.45) is 0 Å². The predicted molar refractivity (Wildman–Crippen MR) is 71.5 cm³/mol. The van der Waals surface area contributed by atoms with E-state index in [-0.39, 0.29) is 12.5 Å². The third-order valence-corrected chi connectivity index (χ3v) is 3.20. The van der Waals surface area contributed by atoms with Gasteiger partial charge in [-0.05, 0) is 18.2 Å². The molecule has 1 amide bonds. The van der Waals surface area contributed by atoms with Crippen LogP contribution in [0.2, 0.25) is 0 Å². The Bertz CT molecular complexity index is 467. The van der Waals surface area contributed by atoms with Crippen LogP contribution in [0.25, 0.3) is 0 Å². The lowest BCUT2D eigenvalue weighted by atomic mass is 10.2. The van der Waals surface area contributed by atoms with Crippen LogP contribution in [0, 0.1) is 5.82 Å². The quantitative estimate of drug-likeness (QED) is 0.816. The Morgan fingerprint density at radius 1 is 1.42 bits per heavy atom. The van der Waals surface area contributed by atoms with Gasteiger partial charge in [0.25, 0.3) is 0 Å². The van der Waals surface area contributed by atoms with Crippen LogP contribution in [0.5, 0.6) is 0 Å². The smallest absolute Gasteiger partial charge is 0.242 e. The van der Waals surface area contributed by atoms with Crippen molar-refractivity contribution in [1.82, 2.24) is 4.90 Å². The van der Waals surface area contributed by atoms with Gasteiger partial charge in [-0.15, -0.1) is 0 Å². The molecule has 1 aromatic rings. The molecule has 0 radical (unpaired) electrons. The molecule has 104 valence electrons. The van der Waals surface area contributed by atoms with Crippen molar-refractivity contribution in [3.05, 3.63) is 24.0 Å². The Hall–Kier alpha value is -1.82. The van der Waals surface area contributed by atoms with Gasteiger partial charge in [-0.2, -0.15) is 0 Å². The molecule has 1 fully saturated rings. The minimum Gasteiger partial charge on any atom is -0.399 e. The second kappa shape index (κ2) is 5.88. The first kappa shape index (κ1) is 13.6. The average molecular weight is 267 g/mol. The topological polar surface area (TPSA) is 58.8 Å². The zero-order valence-corrected chi connectivity index (χ0v) is 10.9. The van der Waals surface area contributed by atoms with Crippen LogP contribution < -0.4 is 10.6 Å². The van der Waals surface area contributed by atoms with E-state index < -0.39 is 5.82 Å². The summed E-state index contributed by atoms with van der Waals surface area (Å²) in [4.78, 5) is 15.4. The van der Waals surface area contributed by atoms with Crippen molar-refractivity contribution < 1.29 is 13.9 Å². The summed E-state index contributed by atoms with van der Waals surface area (Å²) in [5.74, 6) is -0.405. The van der Waals surface area contributed by atoms with Crippen LogP contribution in [-0.4, -0.2) is 50.7 Å². The van der Waals surface area contributed by atoms with Gasteiger partial charge in [-0.1, -0.05) is 0 Å². The van der Waals surface area contributed by atoms with Gasteiger partial charge in [-0.3, -0.25) is 4.79 Å². The minimum atomic E-state index is -0.391. The molecule has 2 rings (SSSR count). The molecule has 1 aliphatic rings. The van der Waals surface area contributed by atoms with Crippen LogP contribution >= 0.6 is 0 Å². The summed E-state index contributed by atoms with van der Waals surface area (Å²) in [6.07, 6.45) is 0. The van der Waals surface area contributed by atoms with Crippen molar-refractivity contribution in [1.29, 1.82) is 0 Å². The number of piperazine rings is 1. The largest absolute Gasteiger partial charge is 0.399 e. The molecular formula is C13H18FN3O2. The molecule has 2 N–H and O–H groups in total. The number of hydrogen-bond donors (Lipinski definition) is 1. The number of benzene rings is 1. The summed E-state index contributed by atoms with van der Waals surface area (Å²) in [5.41, 5.74) is 6.32. The second-order valence-electron chi connectivity index (χ2n) is 4.51. The molecule has 0 bridgehead atoms. The third-order valence-electron chi connectivity index (χ3n) is 3.20. The van der Waals surface area contributed by atoms with Gasteiger partial charge < -0.3 is 20.3 Å². The molecule has 19 heavy (non-hydrogen) atoms. The molecule has 1 aromatic carbocycles. The average Bonchev–Trinajstić information content (AvgIpc) is 2.37. The second-order valence-corrected chi connectivity index (χ2v) is 4.51. The van der Waals surface area contributed by atoms with Crippen LogP contribution in [0.1, 0.15) is 0 Å². The van der Waals surface area contributed by atoms with Crippen molar-refractivity contribution in [3.63, 3.8) is 0 Å². The fourth-order valence-corrected chi connectivity index (χ4v) is 2.13. The Kier molecular flexibility index (Phi) is 4.21. The highest BCUT2D eigenvalue weighted by Crippen LogP contribution is 2.22. The highest BCUT2D eigenvalue weighted by Gasteiger charge is 2.25. The summed E-state index contributed by atoms with van der Waals surface area (Å²) in [6, 6.07) is 4.53. The summed E-state index contributed by atoms with van der Waals surface area (Å²) < 4.78 is 18.8. The van der Waals surface area contributed by atoms with E-state index in [2.05, 4.69) is 0 Å². The Morgan fingerprint density at radius 3 is 2.84 bits per heavy atom. The number of amides is 1. The van der Waals surface area contributed by atoms with E-state index >= 15 is 0 Å². The van der Waals surface area contributed by atoms with E-state index in [0.717, 1.165) is 0 Å². The number of rotatable bonds is 4. The highest BCUT2D eigenvalue weighted by atomic mass is 19.1. The standard InChI is InChI=1S/C13H18FN3O2/c1-19-7-6-16-4-5-17(9-13(16)18)12-3-2-10(15)8-11(12)14/h2-3,8H,4-7,9,15H2,1H3. The fraction of sp³-hybridized carbons (Fsp3) is 0.462. The van der Waals surface area contributed by atoms with E-state index in [1.165, 1.54) is 6.07 Å². The number of nitrogens with zero attached hydrogens (tertiary/aromatic N) is 2. The summed E-state index contributed by atoms with van der Waals surface area (Å²) in [7, 11) is 1.60. The highest BCUT2D eigenvalue weighted by molar-refractivity contribution is 5.83. The zero-order valence-electron chi connectivity index (χ0n) is 10.9. The molecule has 0 spiro atoms. The zero-order chi connectivity index (χ0) is 13.8. The molecule has 1 saturated heterocycles. The Labute approximate surface area is 111 Å². The monoisotopic (exact) mass is 267 g/mol. The number of methoxy groups -OCH3 is 1. The van der Waals surface area contributed by atoms with Gasteiger partial charge in [-0.25, -0.2) is 4.39 Å². The molecular weight excluding hydrogens is 249 g/mol. The van der Waals surface area contributed by atoms with Gasteiger partial charge in [0.2, 0.25) is 5.91 Å². The van der Waals surface area contributed by atoms with Gasteiger partial charge >= 0.3 is 0 Å². The minimum absolute atomic E-state index is 0.0143. The van der Waals surface area contributed by atoms with Gasteiger partial charge in [0.15, 0.2) is 0 Å². The van der Waals surface area contributed by atoms with Crippen molar-refractivity contribution in [2.75, 3.05) is 50.5 Å². The molecule has 0 aromatic heterocycles. The maximum atomic E-state index is 13.8. The Morgan fingerprint density at radius 2 is 2.21 bits per heavy atom. The van der Waals surface area contributed by atoms with E-state index in [9.17, 15) is 9.18 Å². The molecule has 0 atom stereocenters. The van der Waals surface area contributed by atoms with Crippen LogP contribution in [0.15, 0.2) is 18.2 Å². The molecule has 1 heterocycles. The maximum absolute atomic E-state index is 13.8. The van der Waals surface area contributed by atoms with E-state index in [4.69, 9.17) is 10.5 Å². The number of ether oxygens (including phenoxy) is 1. The normalized spacial score (nSPS) is 16.0. The van der Waals surface area contributed by atoms with E-state index in [1.807, 2.05) is 0 Å². The third kappa shape index (κ3) is 3.14. The number of carbonyl (C=O) groups is 1. The van der Waals surface area contributed by atoms with Crippen molar-refractivity contribution >= 4 is 17.3 Å². The van der Waals surface area contributed by atoms with E-state index in [0.29, 0.717) is 37.6 Å². The molecule has 0 saturated carbocycles. The first-order valence-electron chi connectivity index (χ1n) is 6.18. The molecule has 5 nitrogen and oxygen atoms in total. The molecule has 0 aliphatic carbocycles. The van der Waals surface area contributed by atoms with Crippen LogP contribution in [-0.2, 0) is 9.53 Å². The number of halogens is 1. The fourth-order valence-electron chi connectivity index (χ4n) is 2.13. The predicted octanol–water partition coefficient (Wildman–Crippen LogP) is 0.703. The van der Waals surface area contributed by atoms with Gasteiger partial charge in [0, 0.05) is 32.4 Å². The van der Waals surface area contributed by atoms with Crippen LogP contribution in [0.4, 0.5) is 15.8 Å².